The van der Waals surface area contributed by atoms with E-state index in [9.17, 15) is 8.42 Å². The topological polar surface area (TPSA) is 46.2 Å². The highest BCUT2D eigenvalue weighted by Crippen LogP contribution is 2.10. The number of sulfone groups is 1. The molecule has 0 aromatic heterocycles. The fraction of sp³-hybridized carbons (Fsp3) is 0.667. The Bertz CT molecular complexity index is 248. The molecule has 1 rings (SSSR count). The summed E-state index contributed by atoms with van der Waals surface area (Å²) < 4.78 is 22.2. The van der Waals surface area contributed by atoms with Crippen LogP contribution < -0.4 is 5.32 Å². The highest BCUT2D eigenvalue weighted by Gasteiger charge is 2.32. The predicted molar refractivity (Wildman–Crippen MR) is 48.5 cm³/mol. The van der Waals surface area contributed by atoms with Crippen molar-refractivity contribution < 1.29 is 8.42 Å². The molecule has 0 saturated carbocycles. The molecule has 0 aromatic rings. The normalized spacial score (nSPS) is 22.6. The molecule has 1 heterocycles. The molecule has 0 atom stereocenters. The SMILES string of the molecule is C=C(Br)CNC1CS(=O)(=O)C1. The van der Waals surface area contributed by atoms with Gasteiger partial charge in [-0.3, -0.25) is 0 Å². The highest BCUT2D eigenvalue weighted by molar-refractivity contribution is 9.11. The fourth-order valence-electron chi connectivity index (χ4n) is 0.937. The number of nitrogens with one attached hydrogen (secondary N) is 1. The maximum absolute atomic E-state index is 10.7. The van der Waals surface area contributed by atoms with Crippen LogP contribution in [0, 0.1) is 0 Å². The molecule has 0 radical (unpaired) electrons. The maximum atomic E-state index is 10.7. The largest absolute Gasteiger partial charge is 0.307 e. The Hall–Kier alpha value is 0.130. The van der Waals surface area contributed by atoms with Gasteiger partial charge in [-0.1, -0.05) is 22.5 Å². The first kappa shape index (κ1) is 9.22. The molecule has 0 spiro atoms. The van der Waals surface area contributed by atoms with Crippen LogP contribution in [0.3, 0.4) is 0 Å². The van der Waals surface area contributed by atoms with Crippen molar-refractivity contribution in [3.8, 4) is 0 Å². The first-order chi connectivity index (χ1) is 4.99. The van der Waals surface area contributed by atoms with Gasteiger partial charge in [0, 0.05) is 17.1 Å². The van der Waals surface area contributed by atoms with E-state index in [1.54, 1.807) is 0 Å². The van der Waals surface area contributed by atoms with E-state index in [1.165, 1.54) is 0 Å². The van der Waals surface area contributed by atoms with E-state index in [1.807, 2.05) is 0 Å². The quantitative estimate of drug-likeness (QED) is 0.770. The third kappa shape index (κ3) is 2.92. The molecule has 1 N–H and O–H groups in total. The van der Waals surface area contributed by atoms with E-state index in [-0.39, 0.29) is 17.5 Å². The Labute approximate surface area is 74.9 Å². The van der Waals surface area contributed by atoms with Crippen molar-refractivity contribution in [1.82, 2.24) is 5.32 Å². The third-order valence-corrected chi connectivity index (χ3v) is 3.59. The van der Waals surface area contributed by atoms with Gasteiger partial charge in [-0.2, -0.15) is 0 Å². The average molecular weight is 240 g/mol. The van der Waals surface area contributed by atoms with Gasteiger partial charge in [-0.05, 0) is 0 Å². The third-order valence-electron chi connectivity index (χ3n) is 1.49. The lowest BCUT2D eigenvalue weighted by Crippen LogP contribution is -2.51. The molecule has 1 saturated heterocycles. The molecule has 0 bridgehead atoms. The van der Waals surface area contributed by atoms with Crippen molar-refractivity contribution in [2.24, 2.45) is 0 Å². The van der Waals surface area contributed by atoms with Crippen molar-refractivity contribution in [2.45, 2.75) is 6.04 Å². The first-order valence-electron chi connectivity index (χ1n) is 3.27. The molecule has 1 aliphatic heterocycles. The van der Waals surface area contributed by atoms with E-state index in [4.69, 9.17) is 0 Å². The van der Waals surface area contributed by atoms with Crippen molar-refractivity contribution in [3.05, 3.63) is 11.1 Å². The summed E-state index contributed by atoms with van der Waals surface area (Å²) in [4.78, 5) is 0. The minimum atomic E-state index is -2.69. The highest BCUT2D eigenvalue weighted by atomic mass is 79.9. The summed E-state index contributed by atoms with van der Waals surface area (Å²) in [6.07, 6.45) is 0. The van der Waals surface area contributed by atoms with Gasteiger partial charge in [-0.15, -0.1) is 0 Å². The van der Waals surface area contributed by atoms with E-state index >= 15 is 0 Å². The van der Waals surface area contributed by atoms with Gasteiger partial charge >= 0.3 is 0 Å². The molecule has 0 unspecified atom stereocenters. The average Bonchev–Trinajstić information content (AvgIpc) is 1.78. The summed E-state index contributed by atoms with van der Waals surface area (Å²) >= 11 is 3.18. The van der Waals surface area contributed by atoms with Gasteiger partial charge in [-0.25, -0.2) is 8.42 Å². The van der Waals surface area contributed by atoms with Gasteiger partial charge in [0.25, 0.3) is 0 Å². The standard InChI is InChI=1S/C6H10BrNO2S/c1-5(7)2-8-6-3-11(9,10)4-6/h6,8H,1-4H2. The van der Waals surface area contributed by atoms with E-state index in [2.05, 4.69) is 27.8 Å². The van der Waals surface area contributed by atoms with Crippen LogP contribution in [0.15, 0.2) is 11.1 Å². The Morgan fingerprint density at radius 2 is 2.18 bits per heavy atom. The van der Waals surface area contributed by atoms with Crippen LogP contribution in [0.4, 0.5) is 0 Å². The second-order valence-corrected chi connectivity index (χ2v) is 5.95. The lowest BCUT2D eigenvalue weighted by atomic mass is 10.3. The molecule has 64 valence electrons. The molecule has 1 aliphatic rings. The van der Waals surface area contributed by atoms with Crippen molar-refractivity contribution in [2.75, 3.05) is 18.1 Å². The van der Waals surface area contributed by atoms with Crippen LogP contribution in [0.5, 0.6) is 0 Å². The lowest BCUT2D eigenvalue weighted by molar-refractivity contribution is 0.527. The molecule has 11 heavy (non-hydrogen) atoms. The molecule has 5 heteroatoms. The fourth-order valence-corrected chi connectivity index (χ4v) is 2.46. The summed E-state index contributed by atoms with van der Waals surface area (Å²) in [5.41, 5.74) is 0. The van der Waals surface area contributed by atoms with Crippen molar-refractivity contribution in [1.29, 1.82) is 0 Å². The predicted octanol–water partition coefficient (Wildman–Crippen LogP) is 0.282. The second-order valence-electron chi connectivity index (χ2n) is 2.67. The van der Waals surface area contributed by atoms with Gasteiger partial charge in [0.1, 0.15) is 0 Å². The van der Waals surface area contributed by atoms with Crippen LogP contribution >= 0.6 is 15.9 Å². The van der Waals surface area contributed by atoms with Gasteiger partial charge < -0.3 is 5.32 Å². The van der Waals surface area contributed by atoms with Crippen molar-refractivity contribution in [3.63, 3.8) is 0 Å². The zero-order valence-corrected chi connectivity index (χ0v) is 8.41. The van der Waals surface area contributed by atoms with Crippen LogP contribution in [0.2, 0.25) is 0 Å². The van der Waals surface area contributed by atoms with Crippen LogP contribution in [-0.4, -0.2) is 32.5 Å². The molecule has 1 fully saturated rings. The molecular weight excluding hydrogens is 230 g/mol. The van der Waals surface area contributed by atoms with E-state index in [0.29, 0.717) is 6.54 Å². The number of hydrogen-bond donors (Lipinski definition) is 1. The minimum absolute atomic E-state index is 0.134. The van der Waals surface area contributed by atoms with E-state index < -0.39 is 9.84 Å². The molecular formula is C6H10BrNO2S. The number of halogens is 1. The molecule has 0 aromatic carbocycles. The Balaban J connectivity index is 2.19. The number of hydrogen-bond acceptors (Lipinski definition) is 3. The van der Waals surface area contributed by atoms with Crippen molar-refractivity contribution >= 4 is 25.8 Å². The van der Waals surface area contributed by atoms with Gasteiger partial charge in [0.05, 0.1) is 11.5 Å². The summed E-state index contributed by atoms with van der Waals surface area (Å²) in [6.45, 7) is 4.27. The summed E-state index contributed by atoms with van der Waals surface area (Å²) in [5.74, 6) is 0.542. The zero-order valence-electron chi connectivity index (χ0n) is 6.01. The Kier molecular flexibility index (Phi) is 2.72. The lowest BCUT2D eigenvalue weighted by Gasteiger charge is -2.26. The molecule has 0 aliphatic carbocycles. The van der Waals surface area contributed by atoms with E-state index in [0.717, 1.165) is 4.48 Å². The summed E-state index contributed by atoms with van der Waals surface area (Å²) in [6, 6.07) is 0.134. The van der Waals surface area contributed by atoms with Crippen LogP contribution in [0.1, 0.15) is 0 Å². The molecule has 3 nitrogen and oxygen atoms in total. The van der Waals surface area contributed by atoms with Crippen LogP contribution in [0.25, 0.3) is 0 Å². The zero-order chi connectivity index (χ0) is 8.48. The smallest absolute Gasteiger partial charge is 0.153 e. The van der Waals surface area contributed by atoms with Gasteiger partial charge in [0.2, 0.25) is 0 Å². The summed E-state index contributed by atoms with van der Waals surface area (Å²) in [5, 5.41) is 3.05. The monoisotopic (exact) mass is 239 g/mol. The summed E-state index contributed by atoms with van der Waals surface area (Å²) in [7, 11) is -2.69. The van der Waals surface area contributed by atoms with Crippen LogP contribution in [-0.2, 0) is 9.84 Å². The van der Waals surface area contributed by atoms with Gasteiger partial charge in [0.15, 0.2) is 9.84 Å². The number of rotatable bonds is 3. The molecule has 0 amide bonds. The minimum Gasteiger partial charge on any atom is -0.307 e. The second kappa shape index (κ2) is 3.25. The maximum Gasteiger partial charge on any atom is 0.153 e. The Morgan fingerprint density at radius 1 is 1.64 bits per heavy atom. The Morgan fingerprint density at radius 3 is 2.55 bits per heavy atom. The first-order valence-corrected chi connectivity index (χ1v) is 5.88.